The average Bonchev–Trinajstić information content (AvgIpc) is 3.46. The lowest BCUT2D eigenvalue weighted by atomic mass is 9.97. The van der Waals surface area contributed by atoms with Gasteiger partial charge in [-0.25, -0.2) is 0 Å². The third-order valence-electron chi connectivity index (χ3n) is 5.93. The van der Waals surface area contributed by atoms with E-state index < -0.39 is 0 Å². The number of piperidine rings is 1. The second-order valence-corrected chi connectivity index (χ2v) is 8.74. The number of likely N-dealkylation sites (N-methyl/N-ethyl adjacent to an activating group) is 1. The smallest absolute Gasteiger partial charge is 0.224 e. The minimum Gasteiger partial charge on any atom is -0.355 e. The Hall–Kier alpha value is -1.97. The van der Waals surface area contributed by atoms with E-state index in [0.29, 0.717) is 0 Å². The Kier molecular flexibility index (Phi) is 6.78. The molecule has 1 N–H and O–H groups in total. The van der Waals surface area contributed by atoms with E-state index >= 15 is 0 Å². The predicted octanol–water partition coefficient (Wildman–Crippen LogP) is 1.30. The molecule has 0 unspecified atom stereocenters. The Morgan fingerprint density at radius 3 is 2.59 bits per heavy atom. The topological polar surface area (TPSA) is 69.5 Å². The van der Waals surface area contributed by atoms with Gasteiger partial charge in [0, 0.05) is 64.8 Å². The van der Waals surface area contributed by atoms with Gasteiger partial charge in [-0.2, -0.15) is 0 Å². The number of carbonyl (C=O) groups excluding carboxylic acids is 1. The molecule has 0 saturated carbocycles. The first-order valence-electron chi connectivity index (χ1n) is 10.7. The van der Waals surface area contributed by atoms with Gasteiger partial charge in [0.1, 0.15) is 0 Å². The third-order valence-corrected chi connectivity index (χ3v) is 6.93. The van der Waals surface area contributed by atoms with E-state index in [0.717, 1.165) is 82.0 Å². The summed E-state index contributed by atoms with van der Waals surface area (Å²) in [5, 5.41) is 13.6. The van der Waals surface area contributed by atoms with E-state index in [1.807, 2.05) is 29.1 Å². The van der Waals surface area contributed by atoms with Gasteiger partial charge in [-0.15, -0.1) is 10.2 Å². The molecule has 2 fully saturated rings. The number of nitrogens with zero attached hydrogens (tertiary/aromatic N) is 6. The molecule has 29 heavy (non-hydrogen) atoms. The van der Waals surface area contributed by atoms with Crippen molar-refractivity contribution in [2.24, 2.45) is 5.92 Å². The molecule has 4 rings (SSSR count). The maximum Gasteiger partial charge on any atom is 0.224 e. The molecular weight excluding hydrogens is 386 g/mol. The van der Waals surface area contributed by atoms with Gasteiger partial charge in [0.15, 0.2) is 0 Å². The minimum absolute atomic E-state index is 0.0274. The number of nitrogens with one attached hydrogen (secondary N) is 1. The molecule has 2 aromatic rings. The number of aromatic nitrogens is 3. The van der Waals surface area contributed by atoms with Crippen molar-refractivity contribution in [2.45, 2.75) is 19.8 Å². The second-order valence-electron chi connectivity index (χ2n) is 7.81. The highest BCUT2D eigenvalue weighted by Gasteiger charge is 2.27. The van der Waals surface area contributed by atoms with Crippen molar-refractivity contribution in [1.29, 1.82) is 0 Å². The van der Waals surface area contributed by atoms with Crippen LogP contribution < -0.4 is 10.2 Å². The fourth-order valence-corrected chi connectivity index (χ4v) is 4.93. The van der Waals surface area contributed by atoms with Crippen molar-refractivity contribution in [1.82, 2.24) is 29.9 Å². The lowest BCUT2D eigenvalue weighted by molar-refractivity contribution is -0.125. The van der Waals surface area contributed by atoms with Crippen LogP contribution in [0.2, 0.25) is 0 Å². The summed E-state index contributed by atoms with van der Waals surface area (Å²) in [7, 11) is 0. The van der Waals surface area contributed by atoms with Crippen LogP contribution in [-0.2, 0) is 4.79 Å². The first-order valence-corrected chi connectivity index (χ1v) is 11.5. The zero-order valence-electron chi connectivity index (χ0n) is 17.2. The third kappa shape index (κ3) is 5.15. The van der Waals surface area contributed by atoms with Crippen LogP contribution in [0.5, 0.6) is 0 Å². The van der Waals surface area contributed by atoms with E-state index in [4.69, 9.17) is 0 Å². The standard InChI is InChI=1S/C20H31N7OS/c1-2-24-12-14-25(15-13-24)11-7-21-18(28)17-6-5-10-27(16-17)20-23-22-19(29-20)26-8-3-4-9-26/h3-4,8-9,17H,2,5-7,10-16H2,1H3,(H,21,28)/t17-/m0/s1. The first kappa shape index (κ1) is 20.3. The van der Waals surface area contributed by atoms with E-state index in [9.17, 15) is 4.79 Å². The highest BCUT2D eigenvalue weighted by atomic mass is 32.1. The summed E-state index contributed by atoms with van der Waals surface area (Å²) < 4.78 is 1.97. The Morgan fingerprint density at radius 1 is 1.10 bits per heavy atom. The number of carbonyl (C=O) groups is 1. The maximum atomic E-state index is 12.7. The van der Waals surface area contributed by atoms with Crippen molar-refractivity contribution >= 4 is 22.4 Å². The van der Waals surface area contributed by atoms with Gasteiger partial charge in [-0.1, -0.05) is 18.3 Å². The molecule has 0 bridgehead atoms. The molecule has 2 aromatic heterocycles. The Labute approximate surface area is 176 Å². The molecule has 0 spiro atoms. The van der Waals surface area contributed by atoms with Crippen molar-refractivity contribution in [3.05, 3.63) is 24.5 Å². The summed E-state index contributed by atoms with van der Waals surface area (Å²) in [5.41, 5.74) is 0. The number of amides is 1. The summed E-state index contributed by atoms with van der Waals surface area (Å²) in [6, 6.07) is 3.96. The summed E-state index contributed by atoms with van der Waals surface area (Å²) in [6.45, 7) is 11.1. The van der Waals surface area contributed by atoms with E-state index in [2.05, 4.69) is 37.1 Å². The van der Waals surface area contributed by atoms with Crippen molar-refractivity contribution in [3.63, 3.8) is 0 Å². The summed E-state index contributed by atoms with van der Waals surface area (Å²) in [4.78, 5) is 19.8. The van der Waals surface area contributed by atoms with Gasteiger partial charge < -0.3 is 15.1 Å². The molecule has 2 aliphatic rings. The average molecular weight is 418 g/mol. The maximum absolute atomic E-state index is 12.7. The molecule has 0 aromatic carbocycles. The number of piperazine rings is 1. The number of hydrogen-bond acceptors (Lipinski definition) is 7. The highest BCUT2D eigenvalue weighted by Crippen LogP contribution is 2.27. The van der Waals surface area contributed by atoms with Gasteiger partial charge in [0.25, 0.3) is 0 Å². The van der Waals surface area contributed by atoms with Gasteiger partial charge >= 0.3 is 0 Å². The molecule has 0 radical (unpaired) electrons. The molecule has 9 heteroatoms. The fraction of sp³-hybridized carbons (Fsp3) is 0.650. The summed E-state index contributed by atoms with van der Waals surface area (Å²) >= 11 is 1.57. The molecular formula is C20H31N7OS. The summed E-state index contributed by atoms with van der Waals surface area (Å²) in [6.07, 6.45) is 5.90. The molecule has 2 saturated heterocycles. The molecule has 1 amide bonds. The van der Waals surface area contributed by atoms with Gasteiger partial charge in [-0.05, 0) is 31.5 Å². The lowest BCUT2D eigenvalue weighted by Gasteiger charge is -2.34. The van der Waals surface area contributed by atoms with Crippen molar-refractivity contribution in [2.75, 3.05) is 63.8 Å². The van der Waals surface area contributed by atoms with Gasteiger partial charge in [0.05, 0.1) is 5.92 Å². The van der Waals surface area contributed by atoms with Crippen LogP contribution in [0.1, 0.15) is 19.8 Å². The zero-order chi connectivity index (χ0) is 20.1. The van der Waals surface area contributed by atoms with Crippen LogP contribution in [0.3, 0.4) is 0 Å². The molecule has 158 valence electrons. The second kappa shape index (κ2) is 9.69. The first-order chi connectivity index (χ1) is 14.2. The molecule has 4 heterocycles. The monoisotopic (exact) mass is 417 g/mol. The number of hydrogen-bond donors (Lipinski definition) is 1. The fourth-order valence-electron chi connectivity index (χ4n) is 4.08. The largest absolute Gasteiger partial charge is 0.355 e. The highest BCUT2D eigenvalue weighted by molar-refractivity contribution is 7.17. The van der Waals surface area contributed by atoms with Gasteiger partial charge in [-0.3, -0.25) is 14.3 Å². The molecule has 0 aliphatic carbocycles. The van der Waals surface area contributed by atoms with Crippen molar-refractivity contribution in [3.8, 4) is 5.13 Å². The molecule has 1 atom stereocenters. The Morgan fingerprint density at radius 2 is 1.83 bits per heavy atom. The SMILES string of the molecule is CCN1CCN(CCNC(=O)[C@H]2CCCN(c3nnc(-n4cccc4)s3)C2)CC1. The van der Waals surface area contributed by atoms with E-state index in [1.165, 1.54) is 0 Å². The molecule has 2 aliphatic heterocycles. The minimum atomic E-state index is 0.0274. The zero-order valence-corrected chi connectivity index (χ0v) is 18.0. The van der Waals surface area contributed by atoms with Crippen LogP contribution in [0.25, 0.3) is 5.13 Å². The van der Waals surface area contributed by atoms with Crippen LogP contribution in [0, 0.1) is 5.92 Å². The number of anilines is 1. The van der Waals surface area contributed by atoms with Crippen LogP contribution >= 0.6 is 11.3 Å². The Balaban J connectivity index is 1.23. The quantitative estimate of drug-likeness (QED) is 0.732. The van der Waals surface area contributed by atoms with Crippen LogP contribution in [0.4, 0.5) is 5.13 Å². The van der Waals surface area contributed by atoms with Crippen LogP contribution in [-0.4, -0.2) is 89.4 Å². The predicted molar refractivity (Wildman–Crippen MR) is 116 cm³/mol. The lowest BCUT2D eigenvalue weighted by Crippen LogP contribution is -2.49. The summed E-state index contributed by atoms with van der Waals surface area (Å²) in [5.74, 6) is 0.205. The van der Waals surface area contributed by atoms with E-state index in [1.54, 1.807) is 11.3 Å². The normalized spacial score (nSPS) is 21.4. The van der Waals surface area contributed by atoms with E-state index in [-0.39, 0.29) is 11.8 Å². The van der Waals surface area contributed by atoms with Crippen LogP contribution in [0.15, 0.2) is 24.5 Å². The van der Waals surface area contributed by atoms with Gasteiger partial charge in [0.2, 0.25) is 16.2 Å². The molecule has 8 nitrogen and oxygen atoms in total. The Bertz CT molecular complexity index is 770. The van der Waals surface area contributed by atoms with Crippen molar-refractivity contribution < 1.29 is 4.79 Å². The number of rotatable bonds is 7.